The Kier molecular flexibility index (Phi) is 9.00. The van der Waals surface area contributed by atoms with E-state index in [1.165, 1.54) is 6.42 Å². The predicted molar refractivity (Wildman–Crippen MR) is 120 cm³/mol. The largest absolute Gasteiger partial charge is 0.408 e. The van der Waals surface area contributed by atoms with Crippen molar-refractivity contribution >= 4 is 7.75 Å². The molecule has 1 saturated heterocycles. The van der Waals surface area contributed by atoms with E-state index in [9.17, 15) is 4.57 Å². The number of quaternary nitrogens is 1. The molecule has 0 radical (unpaired) electrons. The van der Waals surface area contributed by atoms with Crippen LogP contribution in [0.25, 0.3) is 0 Å². The summed E-state index contributed by atoms with van der Waals surface area (Å²) >= 11 is 0. The van der Waals surface area contributed by atoms with Gasteiger partial charge in [-0.1, -0.05) is 27.2 Å². The molecule has 178 valence electrons. The van der Waals surface area contributed by atoms with Crippen molar-refractivity contribution in [3.05, 3.63) is 0 Å². The summed E-state index contributed by atoms with van der Waals surface area (Å²) in [6.45, 7) is 12.6. The zero-order chi connectivity index (χ0) is 22.7. The molecule has 2 fully saturated rings. The molecule has 1 aliphatic carbocycles. The van der Waals surface area contributed by atoms with E-state index in [4.69, 9.17) is 18.5 Å². The summed E-state index contributed by atoms with van der Waals surface area (Å²) in [5.74, 6) is 0.827. The van der Waals surface area contributed by atoms with Crippen molar-refractivity contribution in [1.29, 1.82) is 0 Å². The van der Waals surface area contributed by atoms with Crippen molar-refractivity contribution < 1.29 is 27.6 Å². The maximum absolute atomic E-state index is 14.1. The fourth-order valence-corrected chi connectivity index (χ4v) is 5.90. The molecule has 0 bridgehead atoms. The fourth-order valence-electron chi connectivity index (χ4n) is 4.21. The standard InChI is InChI=1S/C22H46N2O5P/c1-17(2)20-11-10-18(3)14-21(20)29-30(25,23(6)12-13-24(7,8)9)27-16-19-15-26-22(4,5)28-19/h17-21H,10-16H2,1-9H3/q+1/t18-,19?,20+,21-,30?/m1/s1. The molecule has 0 amide bonds. The van der Waals surface area contributed by atoms with Gasteiger partial charge in [0.05, 0.1) is 53.6 Å². The number of ether oxygens (including phenoxy) is 2. The first-order chi connectivity index (χ1) is 13.7. The molecule has 0 spiro atoms. The maximum Gasteiger partial charge on any atom is 0.408 e. The maximum atomic E-state index is 14.1. The fraction of sp³-hybridized carbons (Fsp3) is 1.00. The van der Waals surface area contributed by atoms with E-state index in [-0.39, 0.29) is 18.8 Å². The summed E-state index contributed by atoms with van der Waals surface area (Å²) in [6.07, 6.45) is 2.95. The van der Waals surface area contributed by atoms with Gasteiger partial charge in [-0.25, -0.2) is 9.24 Å². The van der Waals surface area contributed by atoms with Gasteiger partial charge in [-0.05, 0) is 51.5 Å². The summed E-state index contributed by atoms with van der Waals surface area (Å²) in [5.41, 5.74) is 0. The van der Waals surface area contributed by atoms with Crippen LogP contribution >= 0.6 is 7.75 Å². The van der Waals surface area contributed by atoms with E-state index in [0.29, 0.717) is 30.9 Å². The van der Waals surface area contributed by atoms with Crippen molar-refractivity contribution in [3.8, 4) is 0 Å². The van der Waals surface area contributed by atoms with E-state index >= 15 is 0 Å². The van der Waals surface area contributed by atoms with Gasteiger partial charge in [-0.15, -0.1) is 0 Å². The Bertz CT molecular complexity index is 593. The highest BCUT2D eigenvalue weighted by molar-refractivity contribution is 7.51. The minimum Gasteiger partial charge on any atom is -0.348 e. The van der Waals surface area contributed by atoms with Gasteiger partial charge >= 0.3 is 7.75 Å². The topological polar surface area (TPSA) is 57.2 Å². The van der Waals surface area contributed by atoms with Crippen LogP contribution in [0.15, 0.2) is 0 Å². The second-order valence-corrected chi connectivity index (χ2v) is 13.2. The molecule has 8 heteroatoms. The minimum atomic E-state index is -3.47. The van der Waals surface area contributed by atoms with Gasteiger partial charge in [0.2, 0.25) is 0 Å². The number of likely N-dealkylation sites (N-methyl/N-ethyl adjacent to an activating group) is 2. The molecule has 7 nitrogen and oxygen atoms in total. The first-order valence-electron chi connectivity index (χ1n) is 11.5. The van der Waals surface area contributed by atoms with Crippen LogP contribution in [0.1, 0.15) is 53.9 Å². The molecule has 2 aliphatic rings. The molecule has 0 N–H and O–H groups in total. The van der Waals surface area contributed by atoms with Gasteiger partial charge in [0.1, 0.15) is 6.10 Å². The minimum absolute atomic E-state index is 0.0525. The lowest BCUT2D eigenvalue weighted by Gasteiger charge is -2.40. The third-order valence-electron chi connectivity index (χ3n) is 6.23. The Morgan fingerprint density at radius 1 is 1.23 bits per heavy atom. The van der Waals surface area contributed by atoms with Crippen molar-refractivity contribution in [1.82, 2.24) is 4.67 Å². The van der Waals surface area contributed by atoms with Gasteiger partial charge < -0.3 is 14.0 Å². The number of hydrogen-bond donors (Lipinski definition) is 0. The van der Waals surface area contributed by atoms with Crippen molar-refractivity contribution in [2.75, 3.05) is 54.5 Å². The van der Waals surface area contributed by atoms with Crippen LogP contribution < -0.4 is 0 Å². The van der Waals surface area contributed by atoms with Crippen LogP contribution in [0, 0.1) is 17.8 Å². The molecule has 0 aromatic rings. The summed E-state index contributed by atoms with van der Waals surface area (Å²) in [7, 11) is 4.76. The summed E-state index contributed by atoms with van der Waals surface area (Å²) < 4.78 is 40.6. The van der Waals surface area contributed by atoms with E-state index in [1.807, 2.05) is 20.9 Å². The number of rotatable bonds is 10. The lowest BCUT2D eigenvalue weighted by atomic mass is 9.75. The summed E-state index contributed by atoms with van der Waals surface area (Å²) in [5, 5.41) is 0. The molecule has 2 rings (SSSR count). The van der Waals surface area contributed by atoms with Crippen LogP contribution in [-0.4, -0.2) is 81.6 Å². The summed E-state index contributed by atoms with van der Waals surface area (Å²) in [6, 6.07) is 0. The van der Waals surface area contributed by atoms with Crippen molar-refractivity contribution in [2.24, 2.45) is 17.8 Å². The van der Waals surface area contributed by atoms with E-state index in [1.54, 1.807) is 4.67 Å². The zero-order valence-electron chi connectivity index (χ0n) is 20.7. The van der Waals surface area contributed by atoms with Gasteiger partial charge in [-0.3, -0.25) is 9.05 Å². The Morgan fingerprint density at radius 3 is 2.43 bits per heavy atom. The van der Waals surface area contributed by atoms with Crippen LogP contribution in [0.4, 0.5) is 0 Å². The normalized spacial score (nSPS) is 32.0. The molecule has 0 aromatic carbocycles. The Labute approximate surface area is 184 Å². The second-order valence-electron chi connectivity index (χ2n) is 11.1. The Morgan fingerprint density at radius 2 is 1.90 bits per heavy atom. The molecule has 1 saturated carbocycles. The first-order valence-corrected chi connectivity index (χ1v) is 13.0. The highest BCUT2D eigenvalue weighted by Gasteiger charge is 2.42. The van der Waals surface area contributed by atoms with E-state index in [0.717, 1.165) is 23.9 Å². The lowest BCUT2D eigenvalue weighted by Crippen LogP contribution is -2.41. The van der Waals surface area contributed by atoms with Gasteiger partial charge in [-0.2, -0.15) is 0 Å². The highest BCUT2D eigenvalue weighted by Crippen LogP contribution is 2.55. The van der Waals surface area contributed by atoms with E-state index < -0.39 is 13.5 Å². The summed E-state index contributed by atoms with van der Waals surface area (Å²) in [4.78, 5) is 0. The smallest absolute Gasteiger partial charge is 0.348 e. The van der Waals surface area contributed by atoms with Crippen LogP contribution in [0.3, 0.4) is 0 Å². The van der Waals surface area contributed by atoms with Gasteiger partial charge in [0, 0.05) is 0 Å². The third-order valence-corrected chi connectivity index (χ3v) is 8.28. The first kappa shape index (κ1) is 26.2. The molecule has 1 heterocycles. The van der Waals surface area contributed by atoms with Crippen LogP contribution in [0.5, 0.6) is 0 Å². The molecule has 30 heavy (non-hydrogen) atoms. The highest BCUT2D eigenvalue weighted by atomic mass is 31.2. The SMILES string of the molecule is CC(C)[C@@H]1CC[C@@H](C)C[C@H]1OP(=O)(OCC1COC(C)(C)O1)N(C)CC[N+](C)(C)C. The van der Waals surface area contributed by atoms with Gasteiger partial charge in [0.25, 0.3) is 0 Å². The van der Waals surface area contributed by atoms with Crippen LogP contribution in [-0.2, 0) is 23.1 Å². The predicted octanol–water partition coefficient (Wildman–Crippen LogP) is 4.38. The monoisotopic (exact) mass is 449 g/mol. The van der Waals surface area contributed by atoms with Gasteiger partial charge in [0.15, 0.2) is 5.79 Å². The van der Waals surface area contributed by atoms with E-state index in [2.05, 4.69) is 41.9 Å². The average molecular weight is 450 g/mol. The molecule has 1 aliphatic heterocycles. The Hall–Kier alpha value is -0.0100. The second kappa shape index (κ2) is 10.3. The molecular formula is C22H46N2O5P+. The lowest BCUT2D eigenvalue weighted by molar-refractivity contribution is -0.869. The Balaban J connectivity index is 2.13. The van der Waals surface area contributed by atoms with Crippen molar-refractivity contribution in [3.63, 3.8) is 0 Å². The number of hydrogen-bond acceptors (Lipinski definition) is 5. The quantitative estimate of drug-likeness (QED) is 0.364. The average Bonchev–Trinajstić information content (AvgIpc) is 2.96. The number of nitrogens with zero attached hydrogens (tertiary/aromatic N) is 2. The van der Waals surface area contributed by atoms with Crippen LogP contribution in [0.2, 0.25) is 0 Å². The molecule has 5 atom stereocenters. The van der Waals surface area contributed by atoms with Crippen molar-refractivity contribution in [2.45, 2.75) is 71.9 Å². The molecule has 2 unspecified atom stereocenters. The third kappa shape index (κ3) is 7.84. The molecule has 0 aromatic heterocycles. The molecular weight excluding hydrogens is 403 g/mol. The zero-order valence-corrected chi connectivity index (χ0v) is 21.6.